The molecule has 1 fully saturated rings. The summed E-state index contributed by atoms with van der Waals surface area (Å²) in [4.78, 5) is 32.8. The Hall–Kier alpha value is -3.08. The van der Waals surface area contributed by atoms with Crippen LogP contribution >= 0.6 is 0 Å². The van der Waals surface area contributed by atoms with E-state index in [1.165, 1.54) is 5.56 Å². The molecule has 1 unspecified atom stereocenters. The van der Waals surface area contributed by atoms with Gasteiger partial charge in [-0.1, -0.05) is 48.5 Å². The Morgan fingerprint density at radius 2 is 1.90 bits per heavy atom. The van der Waals surface area contributed by atoms with Crippen molar-refractivity contribution in [2.24, 2.45) is 5.92 Å². The molecule has 2 amide bonds. The summed E-state index contributed by atoms with van der Waals surface area (Å²) in [5.74, 6) is 0.433. The molecule has 0 radical (unpaired) electrons. The number of benzene rings is 2. The van der Waals surface area contributed by atoms with E-state index in [9.17, 15) is 9.59 Å². The number of para-hydroxylation sites is 1. The highest BCUT2D eigenvalue weighted by atomic mass is 16.2. The summed E-state index contributed by atoms with van der Waals surface area (Å²) in [6.45, 7) is 4.80. The molecule has 1 aromatic heterocycles. The van der Waals surface area contributed by atoms with Gasteiger partial charge in [-0.05, 0) is 43.4 Å². The molecule has 2 heterocycles. The molecule has 0 spiro atoms. The molecule has 4 rings (SSSR count). The maximum Gasteiger partial charge on any atom is 0.270 e. The second-order valence-corrected chi connectivity index (χ2v) is 8.09. The third-order valence-corrected chi connectivity index (χ3v) is 6.04. The minimum Gasteiger partial charge on any atom is -0.351 e. The molecule has 1 aliphatic heterocycles. The summed E-state index contributed by atoms with van der Waals surface area (Å²) in [5, 5.41) is 1.04. The molecule has 2 aromatic carbocycles. The number of nitrogens with one attached hydrogen (secondary N) is 1. The monoisotopic (exact) mass is 403 g/mol. The van der Waals surface area contributed by atoms with Crippen LogP contribution in [0.15, 0.2) is 60.7 Å². The lowest BCUT2D eigenvalue weighted by Crippen LogP contribution is -2.44. The van der Waals surface area contributed by atoms with Gasteiger partial charge in [0.2, 0.25) is 5.91 Å². The quantitative estimate of drug-likeness (QED) is 0.645. The van der Waals surface area contributed by atoms with E-state index in [1.54, 1.807) is 0 Å². The molecule has 1 aliphatic rings. The number of carbonyl (C=O) groups excluding carboxylic acids is 2. The molecule has 5 heteroatoms. The van der Waals surface area contributed by atoms with Gasteiger partial charge in [0.25, 0.3) is 5.91 Å². The van der Waals surface area contributed by atoms with E-state index in [0.29, 0.717) is 25.2 Å². The van der Waals surface area contributed by atoms with Gasteiger partial charge in [-0.2, -0.15) is 0 Å². The largest absolute Gasteiger partial charge is 0.351 e. The van der Waals surface area contributed by atoms with Gasteiger partial charge in [-0.3, -0.25) is 9.59 Å². The van der Waals surface area contributed by atoms with Crippen molar-refractivity contribution in [3.8, 4) is 0 Å². The van der Waals surface area contributed by atoms with Crippen LogP contribution in [0.1, 0.15) is 35.8 Å². The van der Waals surface area contributed by atoms with Crippen LogP contribution in [0.25, 0.3) is 10.9 Å². The van der Waals surface area contributed by atoms with Gasteiger partial charge in [-0.15, -0.1) is 0 Å². The highest BCUT2D eigenvalue weighted by molar-refractivity contribution is 5.98. The van der Waals surface area contributed by atoms with Crippen molar-refractivity contribution in [1.82, 2.24) is 14.8 Å². The molecule has 5 nitrogen and oxygen atoms in total. The summed E-state index contributed by atoms with van der Waals surface area (Å²) < 4.78 is 0. The van der Waals surface area contributed by atoms with Crippen LogP contribution in [-0.2, 0) is 11.2 Å². The summed E-state index contributed by atoms with van der Waals surface area (Å²) >= 11 is 0. The third kappa shape index (κ3) is 4.56. The molecule has 1 N–H and O–H groups in total. The van der Waals surface area contributed by atoms with Gasteiger partial charge in [0, 0.05) is 43.5 Å². The van der Waals surface area contributed by atoms with Crippen LogP contribution in [0, 0.1) is 5.92 Å². The molecular formula is C25H29N3O2. The lowest BCUT2D eigenvalue weighted by molar-refractivity contribution is -0.135. The van der Waals surface area contributed by atoms with Crippen LogP contribution in [0.4, 0.5) is 0 Å². The summed E-state index contributed by atoms with van der Waals surface area (Å²) in [7, 11) is 0. The van der Waals surface area contributed by atoms with Crippen molar-refractivity contribution >= 4 is 22.7 Å². The van der Waals surface area contributed by atoms with Crippen molar-refractivity contribution in [1.29, 1.82) is 0 Å². The van der Waals surface area contributed by atoms with Crippen molar-refractivity contribution in [3.63, 3.8) is 0 Å². The van der Waals surface area contributed by atoms with Gasteiger partial charge in [-0.25, -0.2) is 0 Å². The zero-order valence-electron chi connectivity index (χ0n) is 17.5. The van der Waals surface area contributed by atoms with E-state index in [0.717, 1.165) is 36.8 Å². The van der Waals surface area contributed by atoms with E-state index >= 15 is 0 Å². The van der Waals surface area contributed by atoms with E-state index in [2.05, 4.69) is 17.1 Å². The lowest BCUT2D eigenvalue weighted by atomic mass is 9.95. The van der Waals surface area contributed by atoms with E-state index in [4.69, 9.17) is 0 Å². The molecule has 1 atom stereocenters. The maximum atomic E-state index is 13.0. The first-order valence-corrected chi connectivity index (χ1v) is 10.8. The van der Waals surface area contributed by atoms with E-state index < -0.39 is 0 Å². The average molecular weight is 404 g/mol. The number of H-pyrrole nitrogens is 1. The number of aromatic amines is 1. The van der Waals surface area contributed by atoms with Crippen LogP contribution in [-0.4, -0.2) is 52.8 Å². The number of fused-ring (bicyclic) bond motifs is 1. The fraction of sp³-hybridized carbons (Fsp3) is 0.360. The van der Waals surface area contributed by atoms with Crippen molar-refractivity contribution in [2.45, 2.75) is 26.2 Å². The Balaban J connectivity index is 1.33. The van der Waals surface area contributed by atoms with Crippen molar-refractivity contribution < 1.29 is 9.59 Å². The van der Waals surface area contributed by atoms with E-state index in [-0.39, 0.29) is 17.7 Å². The topological polar surface area (TPSA) is 56.4 Å². The predicted octanol–water partition coefficient (Wildman–Crippen LogP) is 4.11. The predicted molar refractivity (Wildman–Crippen MR) is 119 cm³/mol. The van der Waals surface area contributed by atoms with Crippen LogP contribution in [0.3, 0.4) is 0 Å². The number of piperidine rings is 1. The number of nitrogens with zero attached hydrogens (tertiary/aromatic N) is 2. The SMILES string of the molecule is CCN(CC1CCN(CCc2ccccc2)C(=O)C1)C(=O)c1cc2ccccc2[nH]1. The second kappa shape index (κ2) is 9.16. The molecular weight excluding hydrogens is 374 g/mol. The number of likely N-dealkylation sites (tertiary alicyclic amines) is 1. The van der Waals surface area contributed by atoms with Gasteiger partial charge < -0.3 is 14.8 Å². The number of hydrogen-bond donors (Lipinski definition) is 1. The standard InChI is InChI=1S/C25H29N3O2/c1-2-27(25(30)23-17-21-10-6-7-11-22(21)26-23)18-20-13-15-28(24(29)16-20)14-12-19-8-4-3-5-9-19/h3-11,17,20,26H,2,12-16,18H2,1H3. The molecule has 1 saturated heterocycles. The number of aromatic nitrogens is 1. The van der Waals surface area contributed by atoms with Gasteiger partial charge in [0.05, 0.1) is 0 Å². The summed E-state index contributed by atoms with van der Waals surface area (Å²) in [6, 6.07) is 20.1. The van der Waals surface area contributed by atoms with E-state index in [1.807, 2.05) is 65.3 Å². The zero-order chi connectivity index (χ0) is 20.9. The normalized spacial score (nSPS) is 16.8. The number of carbonyl (C=O) groups is 2. The number of amides is 2. The Kier molecular flexibility index (Phi) is 6.17. The highest BCUT2D eigenvalue weighted by Crippen LogP contribution is 2.22. The third-order valence-electron chi connectivity index (χ3n) is 6.04. The minimum atomic E-state index is 0.00709. The van der Waals surface area contributed by atoms with Gasteiger partial charge >= 0.3 is 0 Å². The molecule has 0 aliphatic carbocycles. The first-order chi connectivity index (χ1) is 14.6. The van der Waals surface area contributed by atoms with Crippen molar-refractivity contribution in [2.75, 3.05) is 26.2 Å². The fourth-order valence-corrected chi connectivity index (χ4v) is 4.27. The smallest absolute Gasteiger partial charge is 0.270 e. The van der Waals surface area contributed by atoms with Crippen LogP contribution in [0.5, 0.6) is 0 Å². The Morgan fingerprint density at radius 3 is 2.63 bits per heavy atom. The first-order valence-electron chi connectivity index (χ1n) is 10.8. The molecule has 0 saturated carbocycles. The fourth-order valence-electron chi connectivity index (χ4n) is 4.27. The number of rotatable bonds is 7. The average Bonchev–Trinajstić information content (AvgIpc) is 3.21. The highest BCUT2D eigenvalue weighted by Gasteiger charge is 2.28. The van der Waals surface area contributed by atoms with Crippen LogP contribution in [0.2, 0.25) is 0 Å². The molecule has 0 bridgehead atoms. The first kappa shape index (κ1) is 20.2. The Bertz CT molecular complexity index is 978. The molecule has 30 heavy (non-hydrogen) atoms. The second-order valence-electron chi connectivity index (χ2n) is 8.09. The lowest BCUT2D eigenvalue weighted by Gasteiger charge is -2.34. The number of hydrogen-bond acceptors (Lipinski definition) is 2. The Morgan fingerprint density at radius 1 is 1.13 bits per heavy atom. The minimum absolute atomic E-state index is 0.00709. The Labute approximate surface area is 177 Å². The van der Waals surface area contributed by atoms with Crippen molar-refractivity contribution in [3.05, 3.63) is 71.9 Å². The zero-order valence-corrected chi connectivity index (χ0v) is 17.5. The molecule has 156 valence electrons. The van der Waals surface area contributed by atoms with Gasteiger partial charge in [0.1, 0.15) is 5.69 Å². The van der Waals surface area contributed by atoms with Crippen LogP contribution < -0.4 is 0 Å². The summed E-state index contributed by atoms with van der Waals surface area (Å²) in [6.07, 6.45) is 2.35. The molecule has 3 aromatic rings. The van der Waals surface area contributed by atoms with Gasteiger partial charge in [0.15, 0.2) is 0 Å². The maximum absolute atomic E-state index is 13.0. The summed E-state index contributed by atoms with van der Waals surface area (Å²) in [5.41, 5.74) is 2.84.